The van der Waals surface area contributed by atoms with Crippen LogP contribution in [0.5, 0.6) is 0 Å². The maximum Gasteiger partial charge on any atom is 0.102 e. The minimum atomic E-state index is -0.267. The van der Waals surface area contributed by atoms with Gasteiger partial charge in [0.25, 0.3) is 0 Å². The van der Waals surface area contributed by atoms with Crippen LogP contribution in [0.4, 0.5) is 0 Å². The van der Waals surface area contributed by atoms with Crippen molar-refractivity contribution in [1.29, 1.82) is 0 Å². The highest BCUT2D eigenvalue weighted by atomic mass is 16.5. The van der Waals surface area contributed by atoms with Crippen LogP contribution in [0.15, 0.2) is 23.9 Å². The highest BCUT2D eigenvalue weighted by molar-refractivity contribution is 5.16. The molecule has 9 heavy (non-hydrogen) atoms. The van der Waals surface area contributed by atoms with E-state index < -0.39 is 0 Å². The molecule has 0 N–H and O–H groups in total. The molecule has 1 rings (SSSR count). The Bertz CT molecular complexity index is 168. The highest BCUT2D eigenvalue weighted by Crippen LogP contribution is 2.10. The molecule has 0 spiro atoms. The fourth-order valence-electron chi connectivity index (χ4n) is 0.729. The maximum atomic E-state index is 11.1. The number of nitrogens with zero attached hydrogens (tertiary/aromatic N) is 1. The number of hydrogen-bond acceptors (Lipinski definition) is 1. The third kappa shape index (κ3) is 1.66. The van der Waals surface area contributed by atoms with Gasteiger partial charge < -0.3 is 9.85 Å². The zero-order valence-electron chi connectivity index (χ0n) is 5.79. The molecule has 1 aliphatic heterocycles. The van der Waals surface area contributed by atoms with Gasteiger partial charge in [-0.25, -0.2) is 0 Å². The molecule has 50 valence electrons. The average Bonchev–Trinajstić information content (AvgIpc) is 1.78. The Labute approximate surface area is 55.3 Å². The predicted molar refractivity (Wildman–Crippen MR) is 37.3 cm³/mol. The molecular weight excluding hydrogens is 114 g/mol. The van der Waals surface area contributed by atoms with Gasteiger partial charge in [-0.1, -0.05) is 0 Å². The smallest absolute Gasteiger partial charge is 0.102 e. The Morgan fingerprint density at radius 3 is 2.67 bits per heavy atom. The maximum absolute atomic E-state index is 11.1. The summed E-state index contributed by atoms with van der Waals surface area (Å²) < 4.78 is -0.267. The van der Waals surface area contributed by atoms with Crippen LogP contribution in [0.1, 0.15) is 6.92 Å². The second-order valence-corrected chi connectivity index (χ2v) is 2.62. The summed E-state index contributed by atoms with van der Waals surface area (Å²) in [5.41, 5.74) is 1.18. The molecule has 1 unspecified atom stereocenters. The van der Waals surface area contributed by atoms with Crippen molar-refractivity contribution in [3.8, 4) is 0 Å². The molecule has 0 aromatic carbocycles. The molecule has 0 saturated carbocycles. The van der Waals surface area contributed by atoms with Crippen LogP contribution in [0.25, 0.3) is 0 Å². The molecule has 0 radical (unpaired) electrons. The van der Waals surface area contributed by atoms with E-state index in [1.807, 2.05) is 19.1 Å². The first-order valence-corrected chi connectivity index (χ1v) is 3.02. The Kier molecular flexibility index (Phi) is 1.43. The summed E-state index contributed by atoms with van der Waals surface area (Å²) >= 11 is 0. The van der Waals surface area contributed by atoms with Crippen LogP contribution < -0.4 is 0 Å². The van der Waals surface area contributed by atoms with Crippen LogP contribution in [0.2, 0.25) is 0 Å². The first-order valence-electron chi connectivity index (χ1n) is 3.02. The quantitative estimate of drug-likeness (QED) is 0.354. The molecule has 0 aromatic heterocycles. The summed E-state index contributed by atoms with van der Waals surface area (Å²) in [7, 11) is 1.64. The van der Waals surface area contributed by atoms with E-state index in [2.05, 4.69) is 0 Å². The molecule has 0 bridgehead atoms. The Morgan fingerprint density at radius 1 is 1.67 bits per heavy atom. The van der Waals surface area contributed by atoms with Crippen LogP contribution in [0.3, 0.4) is 0 Å². The van der Waals surface area contributed by atoms with E-state index in [-0.39, 0.29) is 4.65 Å². The molecule has 0 aromatic rings. The topological polar surface area (TPSA) is 23.1 Å². The number of allylic oxidation sites excluding steroid dienone is 2. The SMILES string of the molecule is CC1=CC[N+](C)([O-])C=C1. The lowest BCUT2D eigenvalue weighted by molar-refractivity contribution is -0.801. The minimum absolute atomic E-state index is 0.267. The highest BCUT2D eigenvalue weighted by Gasteiger charge is 2.06. The van der Waals surface area contributed by atoms with E-state index in [1.54, 1.807) is 13.2 Å². The van der Waals surface area contributed by atoms with Gasteiger partial charge in [-0.15, -0.1) is 0 Å². The summed E-state index contributed by atoms with van der Waals surface area (Å²) in [4.78, 5) is 0. The van der Waals surface area contributed by atoms with Gasteiger partial charge in [0.15, 0.2) is 0 Å². The van der Waals surface area contributed by atoms with Crippen molar-refractivity contribution >= 4 is 0 Å². The summed E-state index contributed by atoms with van der Waals surface area (Å²) in [6, 6.07) is 0. The molecule has 1 aliphatic rings. The zero-order chi connectivity index (χ0) is 6.91. The van der Waals surface area contributed by atoms with Crippen LogP contribution >= 0.6 is 0 Å². The lowest BCUT2D eigenvalue weighted by Gasteiger charge is -2.34. The second kappa shape index (κ2) is 1.97. The Hall–Kier alpha value is -0.600. The van der Waals surface area contributed by atoms with Crippen molar-refractivity contribution in [2.75, 3.05) is 13.6 Å². The van der Waals surface area contributed by atoms with Gasteiger partial charge >= 0.3 is 0 Å². The largest absolute Gasteiger partial charge is 0.628 e. The molecular formula is C7H11NO. The molecule has 1 atom stereocenters. The van der Waals surface area contributed by atoms with E-state index in [9.17, 15) is 5.21 Å². The van der Waals surface area contributed by atoms with Crippen molar-refractivity contribution in [3.63, 3.8) is 0 Å². The lowest BCUT2D eigenvalue weighted by atomic mass is 10.2. The number of quaternary nitrogens is 1. The average molecular weight is 125 g/mol. The van der Waals surface area contributed by atoms with E-state index in [0.717, 1.165) is 0 Å². The molecule has 2 nitrogen and oxygen atoms in total. The summed E-state index contributed by atoms with van der Waals surface area (Å²) in [6.45, 7) is 2.57. The first-order chi connectivity index (χ1) is 4.10. The second-order valence-electron chi connectivity index (χ2n) is 2.62. The summed E-state index contributed by atoms with van der Waals surface area (Å²) in [5.74, 6) is 0. The zero-order valence-corrected chi connectivity index (χ0v) is 5.79. The van der Waals surface area contributed by atoms with Crippen molar-refractivity contribution in [2.45, 2.75) is 6.92 Å². The van der Waals surface area contributed by atoms with E-state index in [1.165, 1.54) is 5.57 Å². The standard InChI is InChI=1S/C7H11NO/c1-7-3-5-8(2,9)6-4-7/h3-5H,6H2,1-2H3. The van der Waals surface area contributed by atoms with Crippen LogP contribution in [-0.4, -0.2) is 18.2 Å². The number of likely N-dealkylation sites (N-methyl/N-ethyl adjacent to an activating group) is 1. The number of hydrogen-bond donors (Lipinski definition) is 0. The monoisotopic (exact) mass is 125 g/mol. The van der Waals surface area contributed by atoms with E-state index >= 15 is 0 Å². The van der Waals surface area contributed by atoms with Gasteiger partial charge in [0.2, 0.25) is 0 Å². The number of rotatable bonds is 0. The summed E-state index contributed by atoms with van der Waals surface area (Å²) in [6.07, 6.45) is 5.47. The first kappa shape index (κ1) is 6.52. The Balaban J connectivity index is 2.70. The summed E-state index contributed by atoms with van der Waals surface area (Å²) in [5, 5.41) is 11.1. The molecule has 2 heteroatoms. The molecule has 0 aliphatic carbocycles. The third-order valence-electron chi connectivity index (χ3n) is 1.43. The van der Waals surface area contributed by atoms with E-state index in [0.29, 0.717) is 6.54 Å². The predicted octanol–water partition coefficient (Wildman–Crippen LogP) is 1.40. The van der Waals surface area contributed by atoms with Crippen molar-refractivity contribution in [3.05, 3.63) is 29.1 Å². The van der Waals surface area contributed by atoms with Crippen molar-refractivity contribution in [2.24, 2.45) is 0 Å². The van der Waals surface area contributed by atoms with Crippen molar-refractivity contribution in [1.82, 2.24) is 0 Å². The van der Waals surface area contributed by atoms with Crippen LogP contribution in [-0.2, 0) is 0 Å². The van der Waals surface area contributed by atoms with Gasteiger partial charge in [-0.05, 0) is 24.6 Å². The van der Waals surface area contributed by atoms with Gasteiger partial charge in [-0.2, -0.15) is 0 Å². The van der Waals surface area contributed by atoms with Gasteiger partial charge in [0.05, 0.1) is 13.2 Å². The fourth-order valence-corrected chi connectivity index (χ4v) is 0.729. The van der Waals surface area contributed by atoms with Crippen LogP contribution in [0, 0.1) is 5.21 Å². The van der Waals surface area contributed by atoms with Gasteiger partial charge in [-0.3, -0.25) is 0 Å². The molecule has 0 saturated heterocycles. The molecule has 0 amide bonds. The van der Waals surface area contributed by atoms with Gasteiger partial charge in [0, 0.05) is 0 Å². The van der Waals surface area contributed by atoms with E-state index in [4.69, 9.17) is 0 Å². The Morgan fingerprint density at radius 2 is 2.33 bits per heavy atom. The molecule has 0 fully saturated rings. The van der Waals surface area contributed by atoms with Gasteiger partial charge in [0.1, 0.15) is 6.54 Å². The number of hydroxylamine groups is 3. The fraction of sp³-hybridized carbons (Fsp3) is 0.429. The normalized spacial score (nSPS) is 34.3. The van der Waals surface area contributed by atoms with Crippen molar-refractivity contribution < 1.29 is 4.65 Å². The lowest BCUT2D eigenvalue weighted by Crippen LogP contribution is -2.32. The molecule has 1 heterocycles. The minimum Gasteiger partial charge on any atom is -0.628 e. The third-order valence-corrected chi connectivity index (χ3v) is 1.43.